The number of piperidine rings is 1. The number of benzene rings is 1. The molecular formula is C23H26F3N3O2. The van der Waals surface area contributed by atoms with Crippen molar-refractivity contribution in [3.63, 3.8) is 0 Å². The third-order valence-electron chi connectivity index (χ3n) is 6.36. The lowest BCUT2D eigenvalue weighted by atomic mass is 9.91. The molecule has 0 bridgehead atoms. The molecular weight excluding hydrogens is 407 g/mol. The van der Waals surface area contributed by atoms with Crippen LogP contribution in [0.15, 0.2) is 42.6 Å². The van der Waals surface area contributed by atoms with Gasteiger partial charge < -0.3 is 14.5 Å². The summed E-state index contributed by atoms with van der Waals surface area (Å²) < 4.78 is 45.5. The Hall–Kier alpha value is -2.77. The molecule has 0 N–H and O–H groups in total. The second-order valence-corrected chi connectivity index (χ2v) is 8.16. The lowest BCUT2D eigenvalue weighted by Gasteiger charge is -2.39. The molecule has 0 radical (unpaired) electrons. The summed E-state index contributed by atoms with van der Waals surface area (Å²) in [6, 6.07) is 9.94. The van der Waals surface area contributed by atoms with E-state index in [2.05, 4.69) is 4.98 Å². The topological polar surface area (TPSA) is 45.7 Å². The van der Waals surface area contributed by atoms with Crippen LogP contribution in [-0.4, -0.2) is 48.6 Å². The molecule has 2 aliphatic rings. The first kappa shape index (κ1) is 21.5. The van der Waals surface area contributed by atoms with Gasteiger partial charge in [0.2, 0.25) is 5.91 Å². The average Bonchev–Trinajstić information content (AvgIpc) is 3.20. The van der Waals surface area contributed by atoms with E-state index in [-0.39, 0.29) is 17.8 Å². The number of fused-ring (bicyclic) bond motifs is 1. The molecule has 1 amide bonds. The summed E-state index contributed by atoms with van der Waals surface area (Å²) in [5.41, 5.74) is 0.335. The van der Waals surface area contributed by atoms with E-state index in [1.165, 1.54) is 12.3 Å². The predicted molar refractivity (Wildman–Crippen MR) is 111 cm³/mol. The fourth-order valence-electron chi connectivity index (χ4n) is 4.70. The molecule has 31 heavy (non-hydrogen) atoms. The van der Waals surface area contributed by atoms with Crippen LogP contribution in [0.1, 0.15) is 30.4 Å². The summed E-state index contributed by atoms with van der Waals surface area (Å²) in [6.45, 7) is 1.58. The number of hydrogen-bond donors (Lipinski definition) is 0. The number of aromatic nitrogens is 1. The van der Waals surface area contributed by atoms with Crippen molar-refractivity contribution in [2.75, 3.05) is 31.6 Å². The number of carbonyl (C=O) groups is 1. The molecule has 2 fully saturated rings. The molecule has 4 rings (SSSR count). The Kier molecular flexibility index (Phi) is 6.07. The number of halogens is 3. The molecule has 0 spiro atoms. The highest BCUT2D eigenvalue weighted by molar-refractivity contribution is 5.77. The number of likely N-dealkylation sites (tertiary alicyclic amines) is 1. The fraction of sp³-hybridized carbons (Fsp3) is 0.478. The maximum Gasteiger partial charge on any atom is 0.419 e. The van der Waals surface area contributed by atoms with Crippen LogP contribution in [0.3, 0.4) is 0 Å². The van der Waals surface area contributed by atoms with E-state index >= 15 is 0 Å². The van der Waals surface area contributed by atoms with Gasteiger partial charge in [-0.3, -0.25) is 4.79 Å². The molecule has 2 aliphatic heterocycles. The first-order valence-corrected chi connectivity index (χ1v) is 10.6. The van der Waals surface area contributed by atoms with Gasteiger partial charge in [0.15, 0.2) is 0 Å². The van der Waals surface area contributed by atoms with Gasteiger partial charge in [0.1, 0.15) is 11.6 Å². The molecule has 8 heteroatoms. The number of methoxy groups -OCH3 is 1. The number of alkyl halides is 3. The Bertz CT molecular complexity index is 917. The third-order valence-corrected chi connectivity index (χ3v) is 6.36. The van der Waals surface area contributed by atoms with Crippen molar-refractivity contribution >= 4 is 11.7 Å². The monoisotopic (exact) mass is 433 g/mol. The zero-order valence-electron chi connectivity index (χ0n) is 17.4. The van der Waals surface area contributed by atoms with Crippen molar-refractivity contribution in [3.05, 3.63) is 53.7 Å². The normalized spacial score (nSPS) is 21.2. The van der Waals surface area contributed by atoms with Gasteiger partial charge in [-0.15, -0.1) is 0 Å². The maximum atomic E-state index is 13.4. The van der Waals surface area contributed by atoms with Gasteiger partial charge >= 0.3 is 6.18 Å². The smallest absolute Gasteiger partial charge is 0.419 e. The molecule has 2 saturated heterocycles. The molecule has 1 aromatic carbocycles. The minimum Gasteiger partial charge on any atom is -0.497 e. The Morgan fingerprint density at radius 1 is 1.16 bits per heavy atom. The van der Waals surface area contributed by atoms with Gasteiger partial charge in [-0.05, 0) is 55.0 Å². The highest BCUT2D eigenvalue weighted by Gasteiger charge is 2.43. The molecule has 2 atom stereocenters. The van der Waals surface area contributed by atoms with E-state index in [9.17, 15) is 18.0 Å². The van der Waals surface area contributed by atoms with Crippen molar-refractivity contribution < 1.29 is 22.7 Å². The van der Waals surface area contributed by atoms with E-state index in [1.807, 2.05) is 29.2 Å². The number of ether oxygens (including phenoxy) is 1. The summed E-state index contributed by atoms with van der Waals surface area (Å²) in [6.07, 6.45) is -0.388. The first-order chi connectivity index (χ1) is 14.9. The molecule has 5 nitrogen and oxygen atoms in total. The van der Waals surface area contributed by atoms with Crippen LogP contribution < -0.4 is 9.64 Å². The van der Waals surface area contributed by atoms with Gasteiger partial charge in [-0.25, -0.2) is 4.98 Å². The summed E-state index contributed by atoms with van der Waals surface area (Å²) in [5.74, 6) is 1.12. The molecule has 0 aliphatic carbocycles. The van der Waals surface area contributed by atoms with Crippen LogP contribution >= 0.6 is 0 Å². The molecule has 1 aromatic heterocycles. The average molecular weight is 433 g/mol. The van der Waals surface area contributed by atoms with E-state index in [0.29, 0.717) is 38.4 Å². The van der Waals surface area contributed by atoms with Gasteiger partial charge in [0.05, 0.1) is 18.7 Å². The number of rotatable bonds is 5. The van der Waals surface area contributed by atoms with E-state index in [0.717, 1.165) is 30.2 Å². The van der Waals surface area contributed by atoms with Crippen molar-refractivity contribution in [2.24, 2.45) is 5.92 Å². The molecule has 0 saturated carbocycles. The van der Waals surface area contributed by atoms with Crippen LogP contribution in [0.5, 0.6) is 5.75 Å². The molecule has 166 valence electrons. The van der Waals surface area contributed by atoms with E-state index in [1.54, 1.807) is 12.0 Å². The molecule has 2 unspecified atom stereocenters. The Morgan fingerprint density at radius 3 is 2.61 bits per heavy atom. The minimum absolute atomic E-state index is 0.0361. The lowest BCUT2D eigenvalue weighted by molar-refractivity contribution is -0.137. The quantitative estimate of drug-likeness (QED) is 0.710. The number of aryl methyl sites for hydroxylation is 1. The number of pyridine rings is 1. The largest absolute Gasteiger partial charge is 0.497 e. The maximum absolute atomic E-state index is 13.4. The van der Waals surface area contributed by atoms with Gasteiger partial charge in [0, 0.05) is 32.3 Å². The summed E-state index contributed by atoms with van der Waals surface area (Å²) >= 11 is 0. The van der Waals surface area contributed by atoms with Crippen LogP contribution in [0.4, 0.5) is 19.0 Å². The summed E-state index contributed by atoms with van der Waals surface area (Å²) in [5, 5.41) is 0. The molecule has 3 heterocycles. The predicted octanol–water partition coefficient (Wildman–Crippen LogP) is 4.17. The van der Waals surface area contributed by atoms with Crippen LogP contribution in [0, 0.1) is 5.92 Å². The van der Waals surface area contributed by atoms with E-state index in [4.69, 9.17) is 4.74 Å². The highest BCUT2D eigenvalue weighted by atomic mass is 19.4. The number of nitrogens with zero attached hydrogens (tertiary/aromatic N) is 3. The third kappa shape index (κ3) is 4.62. The van der Waals surface area contributed by atoms with Crippen LogP contribution in [0.2, 0.25) is 0 Å². The minimum atomic E-state index is -4.45. The van der Waals surface area contributed by atoms with Crippen molar-refractivity contribution in [1.82, 2.24) is 9.88 Å². The second-order valence-electron chi connectivity index (χ2n) is 8.16. The van der Waals surface area contributed by atoms with Crippen molar-refractivity contribution in [1.29, 1.82) is 0 Å². The number of carbonyl (C=O) groups excluding carboxylic acids is 1. The van der Waals surface area contributed by atoms with Gasteiger partial charge in [-0.1, -0.05) is 12.1 Å². The van der Waals surface area contributed by atoms with Gasteiger partial charge in [0.25, 0.3) is 0 Å². The van der Waals surface area contributed by atoms with Crippen LogP contribution in [-0.2, 0) is 17.4 Å². The Labute approximate surface area is 179 Å². The van der Waals surface area contributed by atoms with Gasteiger partial charge in [-0.2, -0.15) is 13.2 Å². The SMILES string of the molecule is COc1ccc(CCC(=O)N2CCC3CCN(c4ncccc4C(F)(F)F)CC32)cc1. The van der Waals surface area contributed by atoms with E-state index < -0.39 is 11.7 Å². The molecule has 2 aromatic rings. The number of amides is 1. The zero-order chi connectivity index (χ0) is 22.0. The standard InChI is InChI=1S/C23H26F3N3O2/c1-31-18-7-4-16(5-8-18)6-9-21(30)29-14-11-17-10-13-28(15-20(17)29)22-19(23(24,25)26)3-2-12-27-22/h2-5,7-8,12,17,20H,6,9-11,13-15H2,1H3. The number of anilines is 1. The lowest BCUT2D eigenvalue weighted by Crippen LogP contribution is -2.50. The van der Waals surface area contributed by atoms with Crippen LogP contribution in [0.25, 0.3) is 0 Å². The second kappa shape index (κ2) is 8.77. The first-order valence-electron chi connectivity index (χ1n) is 10.6. The Morgan fingerprint density at radius 2 is 1.90 bits per heavy atom. The Balaban J connectivity index is 1.43. The summed E-state index contributed by atoms with van der Waals surface area (Å²) in [4.78, 5) is 20.6. The number of hydrogen-bond acceptors (Lipinski definition) is 4. The summed E-state index contributed by atoms with van der Waals surface area (Å²) in [7, 11) is 1.61. The highest BCUT2D eigenvalue weighted by Crippen LogP contribution is 2.39. The fourth-order valence-corrected chi connectivity index (χ4v) is 4.70. The van der Waals surface area contributed by atoms with Crippen molar-refractivity contribution in [2.45, 2.75) is 37.9 Å². The van der Waals surface area contributed by atoms with Crippen molar-refractivity contribution in [3.8, 4) is 5.75 Å². The zero-order valence-corrected chi connectivity index (χ0v) is 17.4.